The third-order valence-electron chi connectivity index (χ3n) is 2.43. The van der Waals surface area contributed by atoms with Gasteiger partial charge in [-0.25, -0.2) is 0 Å². The van der Waals surface area contributed by atoms with E-state index in [1.54, 1.807) is 0 Å². The molecule has 0 bridgehead atoms. The van der Waals surface area contributed by atoms with Crippen molar-refractivity contribution in [3.8, 4) is 0 Å². The molecular weight excluding hydrogens is 178 g/mol. The molecule has 0 aliphatic heterocycles. The summed E-state index contributed by atoms with van der Waals surface area (Å²) in [5, 5.41) is 21.7. The van der Waals surface area contributed by atoms with Gasteiger partial charge in [0.25, 0.3) is 0 Å². The standard InChI is InChI=1S/C11H25NO2/c1-3-5-6-7-10(11(14)9-13)12-8-4-2/h10-14H,3-9H2,1-2H3/t10-,11+/m0/s1. The highest BCUT2D eigenvalue weighted by molar-refractivity contribution is 4.74. The molecule has 3 heteroatoms. The molecule has 0 aromatic rings. The molecule has 0 fully saturated rings. The normalized spacial score (nSPS) is 15.4. The fourth-order valence-electron chi connectivity index (χ4n) is 1.50. The number of hydrogen-bond acceptors (Lipinski definition) is 3. The van der Waals surface area contributed by atoms with E-state index in [1.165, 1.54) is 12.8 Å². The van der Waals surface area contributed by atoms with Crippen LogP contribution in [-0.2, 0) is 0 Å². The number of nitrogens with one attached hydrogen (secondary N) is 1. The summed E-state index contributed by atoms with van der Waals surface area (Å²) in [6.45, 7) is 5.03. The Hall–Kier alpha value is -0.120. The summed E-state index contributed by atoms with van der Waals surface area (Å²) in [6.07, 6.45) is 4.91. The minimum absolute atomic E-state index is 0.0616. The molecule has 0 rings (SSSR count). The van der Waals surface area contributed by atoms with E-state index in [4.69, 9.17) is 5.11 Å². The van der Waals surface area contributed by atoms with Crippen LogP contribution in [0.4, 0.5) is 0 Å². The Morgan fingerprint density at radius 2 is 1.86 bits per heavy atom. The van der Waals surface area contributed by atoms with Crippen molar-refractivity contribution in [1.82, 2.24) is 5.32 Å². The van der Waals surface area contributed by atoms with E-state index >= 15 is 0 Å². The molecule has 0 saturated carbocycles. The molecule has 0 aromatic carbocycles. The number of rotatable bonds is 9. The Balaban J connectivity index is 3.72. The van der Waals surface area contributed by atoms with E-state index in [9.17, 15) is 5.11 Å². The molecule has 3 nitrogen and oxygen atoms in total. The van der Waals surface area contributed by atoms with E-state index in [0.717, 1.165) is 25.8 Å². The van der Waals surface area contributed by atoms with Gasteiger partial charge in [0.1, 0.15) is 0 Å². The lowest BCUT2D eigenvalue weighted by Gasteiger charge is -2.22. The van der Waals surface area contributed by atoms with Crippen LogP contribution < -0.4 is 5.32 Å². The molecule has 0 unspecified atom stereocenters. The van der Waals surface area contributed by atoms with Crippen LogP contribution in [0.3, 0.4) is 0 Å². The maximum atomic E-state index is 9.53. The van der Waals surface area contributed by atoms with Crippen molar-refractivity contribution in [3.63, 3.8) is 0 Å². The van der Waals surface area contributed by atoms with Gasteiger partial charge in [-0.3, -0.25) is 0 Å². The zero-order valence-corrected chi connectivity index (χ0v) is 9.50. The van der Waals surface area contributed by atoms with Gasteiger partial charge in [-0.05, 0) is 19.4 Å². The van der Waals surface area contributed by atoms with Crippen molar-refractivity contribution >= 4 is 0 Å². The third kappa shape index (κ3) is 6.35. The first-order chi connectivity index (χ1) is 6.76. The van der Waals surface area contributed by atoms with Gasteiger partial charge in [0.05, 0.1) is 12.7 Å². The summed E-state index contributed by atoms with van der Waals surface area (Å²) in [5.41, 5.74) is 0. The summed E-state index contributed by atoms with van der Waals surface area (Å²) in [6, 6.07) is 0.0616. The highest BCUT2D eigenvalue weighted by Crippen LogP contribution is 2.06. The first-order valence-corrected chi connectivity index (χ1v) is 5.78. The predicted molar refractivity (Wildman–Crippen MR) is 59.3 cm³/mol. The Morgan fingerprint density at radius 1 is 1.14 bits per heavy atom. The second-order valence-corrected chi connectivity index (χ2v) is 3.81. The maximum Gasteiger partial charge on any atom is 0.0923 e. The van der Waals surface area contributed by atoms with Crippen LogP contribution in [0, 0.1) is 0 Å². The van der Waals surface area contributed by atoms with Gasteiger partial charge < -0.3 is 15.5 Å². The SMILES string of the molecule is CCCCC[C@H](NCCC)[C@H](O)CO. The van der Waals surface area contributed by atoms with Gasteiger partial charge >= 0.3 is 0 Å². The van der Waals surface area contributed by atoms with Crippen LogP contribution in [0.5, 0.6) is 0 Å². The smallest absolute Gasteiger partial charge is 0.0923 e. The Labute approximate surface area is 87.5 Å². The number of hydrogen-bond donors (Lipinski definition) is 3. The van der Waals surface area contributed by atoms with E-state index in [-0.39, 0.29) is 12.6 Å². The monoisotopic (exact) mass is 203 g/mol. The fraction of sp³-hybridized carbons (Fsp3) is 1.00. The van der Waals surface area contributed by atoms with Crippen molar-refractivity contribution in [2.75, 3.05) is 13.2 Å². The molecule has 0 spiro atoms. The molecule has 14 heavy (non-hydrogen) atoms. The Bertz CT molecular complexity index is 120. The first kappa shape index (κ1) is 13.9. The lowest BCUT2D eigenvalue weighted by molar-refractivity contribution is 0.0593. The molecule has 0 aromatic heterocycles. The topological polar surface area (TPSA) is 52.5 Å². The van der Waals surface area contributed by atoms with Crippen LogP contribution >= 0.6 is 0 Å². The number of unbranched alkanes of at least 4 members (excludes halogenated alkanes) is 2. The molecule has 86 valence electrons. The van der Waals surface area contributed by atoms with E-state index in [1.807, 2.05) is 0 Å². The molecule has 3 N–H and O–H groups in total. The van der Waals surface area contributed by atoms with Crippen molar-refractivity contribution in [2.45, 2.75) is 58.1 Å². The van der Waals surface area contributed by atoms with E-state index in [0.29, 0.717) is 0 Å². The maximum absolute atomic E-state index is 9.53. The van der Waals surface area contributed by atoms with Gasteiger partial charge in [0.15, 0.2) is 0 Å². The minimum Gasteiger partial charge on any atom is -0.394 e. The zero-order valence-electron chi connectivity index (χ0n) is 9.50. The molecular formula is C11H25NO2. The highest BCUT2D eigenvalue weighted by atomic mass is 16.3. The summed E-state index contributed by atoms with van der Waals surface area (Å²) in [4.78, 5) is 0. The third-order valence-corrected chi connectivity index (χ3v) is 2.43. The lowest BCUT2D eigenvalue weighted by atomic mass is 10.0. The van der Waals surface area contributed by atoms with Crippen LogP contribution in [0.2, 0.25) is 0 Å². The zero-order chi connectivity index (χ0) is 10.8. The van der Waals surface area contributed by atoms with Crippen molar-refractivity contribution in [3.05, 3.63) is 0 Å². The fourth-order valence-corrected chi connectivity index (χ4v) is 1.50. The molecule has 0 amide bonds. The molecule has 0 saturated heterocycles. The second-order valence-electron chi connectivity index (χ2n) is 3.81. The van der Waals surface area contributed by atoms with Gasteiger partial charge in [0, 0.05) is 6.04 Å². The van der Waals surface area contributed by atoms with Gasteiger partial charge in [0.2, 0.25) is 0 Å². The van der Waals surface area contributed by atoms with Crippen molar-refractivity contribution < 1.29 is 10.2 Å². The summed E-state index contributed by atoms with van der Waals surface area (Å²) >= 11 is 0. The summed E-state index contributed by atoms with van der Waals surface area (Å²) in [5.74, 6) is 0. The molecule has 0 aliphatic rings. The second kappa shape index (κ2) is 9.44. The van der Waals surface area contributed by atoms with E-state index < -0.39 is 6.10 Å². The molecule has 0 radical (unpaired) electrons. The summed E-state index contributed by atoms with van der Waals surface area (Å²) in [7, 11) is 0. The van der Waals surface area contributed by atoms with Crippen LogP contribution in [0.25, 0.3) is 0 Å². The molecule has 0 aliphatic carbocycles. The van der Waals surface area contributed by atoms with Crippen LogP contribution in [0.1, 0.15) is 46.0 Å². The lowest BCUT2D eigenvalue weighted by Crippen LogP contribution is -2.42. The summed E-state index contributed by atoms with van der Waals surface area (Å²) < 4.78 is 0. The van der Waals surface area contributed by atoms with E-state index in [2.05, 4.69) is 19.2 Å². The molecule has 0 heterocycles. The van der Waals surface area contributed by atoms with Crippen LogP contribution in [0.15, 0.2) is 0 Å². The molecule has 2 atom stereocenters. The average molecular weight is 203 g/mol. The van der Waals surface area contributed by atoms with Crippen molar-refractivity contribution in [1.29, 1.82) is 0 Å². The van der Waals surface area contributed by atoms with Gasteiger partial charge in [-0.1, -0.05) is 33.1 Å². The van der Waals surface area contributed by atoms with Crippen molar-refractivity contribution in [2.24, 2.45) is 0 Å². The number of aliphatic hydroxyl groups excluding tert-OH is 2. The number of aliphatic hydroxyl groups is 2. The Kier molecular flexibility index (Phi) is 9.35. The van der Waals surface area contributed by atoms with Gasteiger partial charge in [-0.2, -0.15) is 0 Å². The highest BCUT2D eigenvalue weighted by Gasteiger charge is 2.16. The largest absolute Gasteiger partial charge is 0.394 e. The quantitative estimate of drug-likeness (QED) is 0.495. The van der Waals surface area contributed by atoms with Gasteiger partial charge in [-0.15, -0.1) is 0 Å². The Morgan fingerprint density at radius 3 is 2.36 bits per heavy atom. The average Bonchev–Trinajstić information content (AvgIpc) is 2.22. The van der Waals surface area contributed by atoms with Crippen LogP contribution in [-0.4, -0.2) is 35.5 Å². The minimum atomic E-state index is -0.613. The predicted octanol–water partition coefficient (Wildman–Crippen LogP) is 1.29. The first-order valence-electron chi connectivity index (χ1n) is 5.78.